The highest BCUT2D eigenvalue weighted by Gasteiger charge is 2.47. The van der Waals surface area contributed by atoms with Crippen molar-refractivity contribution in [2.24, 2.45) is 0 Å². The highest BCUT2D eigenvalue weighted by atomic mass is 19.1. The lowest BCUT2D eigenvalue weighted by molar-refractivity contribution is -0.159. The molecule has 3 amide bonds. The number of hydrogen-bond acceptors (Lipinski definition) is 6. The third-order valence-corrected chi connectivity index (χ3v) is 5.47. The summed E-state index contributed by atoms with van der Waals surface area (Å²) in [6.45, 7) is 1.28. The average Bonchev–Trinajstić information content (AvgIpc) is 3.15. The number of aldehydes is 1. The fraction of sp³-hybridized carbons (Fsp3) is 0.304. The van der Waals surface area contributed by atoms with Crippen LogP contribution in [0.4, 0.5) is 15.8 Å². The van der Waals surface area contributed by atoms with Gasteiger partial charge in [0.2, 0.25) is 11.6 Å². The first kappa shape index (κ1) is 23.9. The lowest BCUT2D eigenvalue weighted by atomic mass is 10.0. The fourth-order valence-electron chi connectivity index (χ4n) is 3.82. The Bertz CT molecular complexity index is 1110. The van der Waals surface area contributed by atoms with Gasteiger partial charge in [-0.25, -0.2) is 4.39 Å². The van der Waals surface area contributed by atoms with E-state index >= 15 is 0 Å². The van der Waals surface area contributed by atoms with Crippen LogP contribution in [-0.2, 0) is 27.5 Å². The van der Waals surface area contributed by atoms with Crippen LogP contribution in [0.25, 0.3) is 0 Å². The molecule has 0 saturated heterocycles. The van der Waals surface area contributed by atoms with Gasteiger partial charge in [-0.3, -0.25) is 19.3 Å². The van der Waals surface area contributed by atoms with Crippen molar-refractivity contribution < 1.29 is 28.7 Å². The summed E-state index contributed by atoms with van der Waals surface area (Å²) in [7, 11) is 1.33. The van der Waals surface area contributed by atoms with Gasteiger partial charge in [0.05, 0.1) is 12.2 Å². The number of aliphatic hydroxyl groups is 1. The van der Waals surface area contributed by atoms with E-state index in [9.17, 15) is 28.7 Å². The van der Waals surface area contributed by atoms with E-state index < -0.39 is 29.3 Å². The average molecular weight is 456 g/mol. The van der Waals surface area contributed by atoms with Crippen molar-refractivity contribution in [1.29, 1.82) is 0 Å². The lowest BCUT2D eigenvalue weighted by Gasteiger charge is -2.35. The van der Waals surface area contributed by atoms with Gasteiger partial charge in [-0.1, -0.05) is 18.2 Å². The van der Waals surface area contributed by atoms with Gasteiger partial charge in [-0.15, -0.1) is 0 Å². The van der Waals surface area contributed by atoms with E-state index in [1.54, 1.807) is 30.3 Å². The number of hydrogen-bond donors (Lipinski definition) is 4. The molecule has 1 unspecified atom stereocenters. The van der Waals surface area contributed by atoms with Crippen molar-refractivity contribution >= 4 is 35.4 Å². The van der Waals surface area contributed by atoms with Crippen LogP contribution < -0.4 is 16.0 Å². The second-order valence-corrected chi connectivity index (χ2v) is 7.64. The monoisotopic (exact) mass is 456 g/mol. The van der Waals surface area contributed by atoms with E-state index in [1.807, 2.05) is 0 Å². The van der Waals surface area contributed by atoms with Crippen molar-refractivity contribution in [3.05, 3.63) is 58.9 Å². The van der Waals surface area contributed by atoms with E-state index in [1.165, 1.54) is 20.0 Å². The summed E-state index contributed by atoms with van der Waals surface area (Å²) in [5.74, 6) is -2.31. The maximum absolute atomic E-state index is 14.7. The van der Waals surface area contributed by atoms with Gasteiger partial charge in [0.25, 0.3) is 11.8 Å². The van der Waals surface area contributed by atoms with Gasteiger partial charge in [0, 0.05) is 55.7 Å². The van der Waals surface area contributed by atoms with Crippen LogP contribution in [0.3, 0.4) is 0 Å². The predicted molar refractivity (Wildman–Crippen MR) is 119 cm³/mol. The summed E-state index contributed by atoms with van der Waals surface area (Å²) in [5.41, 5.74) is -0.473. The standard InChI is InChI=1S/C23H25FN4O5/c1-14(30)27-19-9-3-6-15(20(19)24)12-26-18-8-4-7-16-17(18)13-28(21(16)31)23(33,10-5-11-29)22(32)25-2/h3-4,6-9,11,26,33H,5,10,12-13H2,1-2H3,(H,25,32)(H,27,30). The summed E-state index contributed by atoms with van der Waals surface area (Å²) in [6, 6.07) is 9.55. The number of halogens is 1. The zero-order chi connectivity index (χ0) is 24.2. The largest absolute Gasteiger partial charge is 0.381 e. The summed E-state index contributed by atoms with van der Waals surface area (Å²) < 4.78 is 14.7. The van der Waals surface area contributed by atoms with Crippen LogP contribution >= 0.6 is 0 Å². The van der Waals surface area contributed by atoms with Gasteiger partial charge in [0.15, 0.2) is 5.82 Å². The smallest absolute Gasteiger partial charge is 0.273 e. The number of benzene rings is 2. The van der Waals surface area contributed by atoms with Crippen molar-refractivity contribution in [3.8, 4) is 0 Å². The lowest BCUT2D eigenvalue weighted by Crippen LogP contribution is -2.58. The Morgan fingerprint density at radius 3 is 2.58 bits per heavy atom. The number of nitrogens with zero attached hydrogens (tertiary/aromatic N) is 1. The highest BCUT2D eigenvalue weighted by Crippen LogP contribution is 2.35. The molecule has 0 spiro atoms. The molecule has 0 bridgehead atoms. The van der Waals surface area contributed by atoms with Crippen LogP contribution in [0.5, 0.6) is 0 Å². The summed E-state index contributed by atoms with van der Waals surface area (Å²) in [6.07, 6.45) is 0.205. The van der Waals surface area contributed by atoms with Gasteiger partial charge in [-0.05, 0) is 18.2 Å². The third kappa shape index (κ3) is 4.70. The Labute approximate surface area is 190 Å². The second-order valence-electron chi connectivity index (χ2n) is 7.64. The molecule has 0 radical (unpaired) electrons. The number of anilines is 2. The number of carbonyl (C=O) groups is 4. The van der Waals surface area contributed by atoms with Crippen LogP contribution in [0.15, 0.2) is 36.4 Å². The second kappa shape index (κ2) is 9.78. The maximum atomic E-state index is 14.7. The molecule has 33 heavy (non-hydrogen) atoms. The quantitative estimate of drug-likeness (QED) is 0.426. The minimum absolute atomic E-state index is 0.0623. The Balaban J connectivity index is 1.86. The number of fused-ring (bicyclic) bond motifs is 1. The number of carbonyl (C=O) groups excluding carboxylic acids is 4. The van der Waals surface area contributed by atoms with E-state index in [2.05, 4.69) is 16.0 Å². The van der Waals surface area contributed by atoms with Crippen LogP contribution in [0.1, 0.15) is 41.3 Å². The van der Waals surface area contributed by atoms with Crippen LogP contribution in [0.2, 0.25) is 0 Å². The van der Waals surface area contributed by atoms with Gasteiger partial charge >= 0.3 is 0 Å². The van der Waals surface area contributed by atoms with E-state index in [4.69, 9.17) is 0 Å². The molecule has 0 aromatic heterocycles. The van der Waals surface area contributed by atoms with E-state index in [0.717, 1.165) is 4.90 Å². The maximum Gasteiger partial charge on any atom is 0.273 e. The summed E-state index contributed by atoms with van der Waals surface area (Å²) in [5, 5.41) is 18.9. The molecular weight excluding hydrogens is 431 g/mol. The number of likely N-dealkylation sites (N-methyl/N-ethyl adjacent to an activating group) is 1. The molecule has 1 atom stereocenters. The zero-order valence-electron chi connectivity index (χ0n) is 18.3. The number of nitrogens with one attached hydrogen (secondary N) is 3. The molecule has 0 aliphatic carbocycles. The summed E-state index contributed by atoms with van der Waals surface area (Å²) >= 11 is 0. The molecule has 1 aliphatic heterocycles. The van der Waals surface area contributed by atoms with Crippen molar-refractivity contribution in [3.63, 3.8) is 0 Å². The predicted octanol–water partition coefficient (Wildman–Crippen LogP) is 1.77. The molecule has 2 aromatic rings. The van der Waals surface area contributed by atoms with Gasteiger partial charge in [0.1, 0.15) is 6.29 Å². The normalized spacial score (nSPS) is 14.3. The first-order valence-electron chi connectivity index (χ1n) is 10.3. The molecule has 4 N–H and O–H groups in total. The van der Waals surface area contributed by atoms with Crippen molar-refractivity contribution in [1.82, 2.24) is 10.2 Å². The molecule has 9 nitrogen and oxygen atoms in total. The number of amides is 3. The summed E-state index contributed by atoms with van der Waals surface area (Å²) in [4.78, 5) is 48.6. The van der Waals surface area contributed by atoms with Crippen LogP contribution in [0, 0.1) is 5.82 Å². The topological polar surface area (TPSA) is 128 Å². The Kier molecular flexibility index (Phi) is 7.07. The molecule has 174 valence electrons. The number of rotatable bonds is 9. The van der Waals surface area contributed by atoms with Crippen LogP contribution in [-0.4, -0.2) is 46.8 Å². The van der Waals surface area contributed by atoms with E-state index in [0.29, 0.717) is 28.7 Å². The molecule has 1 heterocycles. The van der Waals surface area contributed by atoms with Crippen molar-refractivity contribution in [2.45, 2.75) is 38.6 Å². The van der Waals surface area contributed by atoms with Gasteiger partial charge in [-0.2, -0.15) is 0 Å². The molecule has 0 saturated carbocycles. The third-order valence-electron chi connectivity index (χ3n) is 5.47. The zero-order valence-corrected chi connectivity index (χ0v) is 18.3. The molecule has 1 aliphatic rings. The Hall–Kier alpha value is -3.79. The van der Waals surface area contributed by atoms with E-state index in [-0.39, 0.29) is 31.6 Å². The molecule has 0 fully saturated rings. The first-order chi connectivity index (χ1) is 15.7. The van der Waals surface area contributed by atoms with Gasteiger partial charge < -0.3 is 25.9 Å². The molecule has 10 heteroatoms. The molecule has 3 rings (SSSR count). The fourth-order valence-corrected chi connectivity index (χ4v) is 3.82. The minimum Gasteiger partial charge on any atom is -0.381 e. The Morgan fingerprint density at radius 2 is 1.91 bits per heavy atom. The molecule has 2 aromatic carbocycles. The Morgan fingerprint density at radius 1 is 1.21 bits per heavy atom. The SMILES string of the molecule is CNC(=O)C(O)(CCC=O)N1Cc2c(NCc3cccc(NC(C)=O)c3F)cccc2C1=O. The molecular formula is C23H25FN4O5. The minimum atomic E-state index is -2.19. The highest BCUT2D eigenvalue weighted by molar-refractivity contribution is 6.03. The first-order valence-corrected chi connectivity index (χ1v) is 10.3. The van der Waals surface area contributed by atoms with Crippen molar-refractivity contribution in [2.75, 3.05) is 17.7 Å².